The Bertz CT molecular complexity index is 309. The van der Waals surface area contributed by atoms with Gasteiger partial charge in [0.1, 0.15) is 0 Å². The summed E-state index contributed by atoms with van der Waals surface area (Å²) in [5.41, 5.74) is 1.26. The van der Waals surface area contributed by atoms with E-state index < -0.39 is 11.1 Å². The summed E-state index contributed by atoms with van der Waals surface area (Å²) >= 11 is -1.86. The van der Waals surface area contributed by atoms with E-state index in [0.717, 1.165) is 0 Å². The Morgan fingerprint density at radius 3 is 1.92 bits per heavy atom. The molecule has 1 unspecified atom stereocenters. The van der Waals surface area contributed by atoms with Crippen LogP contribution in [0.4, 0.5) is 0 Å². The zero-order chi connectivity index (χ0) is 10.1. The highest BCUT2D eigenvalue weighted by molar-refractivity contribution is 7.79. The van der Waals surface area contributed by atoms with Crippen molar-refractivity contribution in [3.63, 3.8) is 0 Å². The topological polar surface area (TPSA) is 37.3 Å². The third kappa shape index (κ3) is 2.64. The Balaban J connectivity index is 3.01. The van der Waals surface area contributed by atoms with Gasteiger partial charge in [-0.05, 0) is 23.1 Å². The number of benzene rings is 1. The summed E-state index contributed by atoms with van der Waals surface area (Å²) in [6.07, 6.45) is 0. The fourth-order valence-corrected chi connectivity index (χ4v) is 1.44. The van der Waals surface area contributed by atoms with Crippen LogP contribution in [0.3, 0.4) is 0 Å². The van der Waals surface area contributed by atoms with Gasteiger partial charge in [-0.15, -0.1) is 0 Å². The molecule has 1 aromatic carbocycles. The molecule has 1 aromatic rings. The maximum Gasteiger partial charge on any atom is 0.186 e. The zero-order valence-electron chi connectivity index (χ0n) is 8.07. The van der Waals surface area contributed by atoms with Crippen LogP contribution in [0.2, 0.25) is 0 Å². The molecule has 3 heteroatoms. The molecule has 0 radical (unpaired) electrons. The number of hydrogen-bond acceptors (Lipinski definition) is 1. The van der Waals surface area contributed by atoms with Crippen LogP contribution in [0.25, 0.3) is 0 Å². The second kappa shape index (κ2) is 3.60. The lowest BCUT2D eigenvalue weighted by molar-refractivity contribution is 0.563. The van der Waals surface area contributed by atoms with Crippen LogP contribution < -0.4 is 0 Å². The Hall–Kier alpha value is -0.670. The van der Waals surface area contributed by atoms with Crippen molar-refractivity contribution in [2.45, 2.75) is 31.1 Å². The lowest BCUT2D eigenvalue weighted by atomic mass is 9.87. The molecule has 1 atom stereocenters. The monoisotopic (exact) mass is 198 g/mol. The third-order valence-electron chi connectivity index (χ3n) is 1.92. The summed E-state index contributed by atoms with van der Waals surface area (Å²) < 4.78 is 19.5. The molecule has 72 valence electrons. The van der Waals surface area contributed by atoms with E-state index in [0.29, 0.717) is 4.90 Å². The molecule has 1 N–H and O–H groups in total. The molecular weight excluding hydrogens is 184 g/mol. The van der Waals surface area contributed by atoms with Gasteiger partial charge in [0, 0.05) is 0 Å². The van der Waals surface area contributed by atoms with E-state index in [4.69, 9.17) is 4.55 Å². The predicted octanol–water partition coefficient (Wildman–Crippen LogP) is 2.56. The molecule has 0 saturated carbocycles. The van der Waals surface area contributed by atoms with Gasteiger partial charge in [0.2, 0.25) is 0 Å². The first-order valence-corrected chi connectivity index (χ1v) is 5.23. The van der Waals surface area contributed by atoms with Crippen LogP contribution in [-0.4, -0.2) is 8.76 Å². The van der Waals surface area contributed by atoms with E-state index >= 15 is 0 Å². The lowest BCUT2D eigenvalue weighted by Crippen LogP contribution is -2.10. The van der Waals surface area contributed by atoms with E-state index in [1.807, 2.05) is 12.1 Å². The summed E-state index contributed by atoms with van der Waals surface area (Å²) in [5.74, 6) is 0. The van der Waals surface area contributed by atoms with Crippen LogP contribution in [0.15, 0.2) is 29.2 Å². The molecule has 0 fully saturated rings. The Kier molecular flexibility index (Phi) is 2.88. The van der Waals surface area contributed by atoms with Gasteiger partial charge in [0.15, 0.2) is 11.1 Å². The maximum atomic E-state index is 10.7. The minimum Gasteiger partial charge on any atom is -0.302 e. The van der Waals surface area contributed by atoms with Crippen LogP contribution in [-0.2, 0) is 16.5 Å². The quantitative estimate of drug-likeness (QED) is 0.704. The van der Waals surface area contributed by atoms with Crippen molar-refractivity contribution >= 4 is 11.1 Å². The first-order chi connectivity index (χ1) is 5.91. The number of rotatable bonds is 1. The van der Waals surface area contributed by atoms with Crippen LogP contribution in [0.5, 0.6) is 0 Å². The van der Waals surface area contributed by atoms with Gasteiger partial charge in [-0.1, -0.05) is 32.9 Å². The molecule has 0 aliphatic heterocycles. The molecule has 0 heterocycles. The largest absolute Gasteiger partial charge is 0.302 e. The first kappa shape index (κ1) is 10.4. The van der Waals surface area contributed by atoms with Gasteiger partial charge in [0.05, 0.1) is 4.90 Å². The van der Waals surface area contributed by atoms with E-state index in [-0.39, 0.29) is 5.41 Å². The molecule has 0 spiro atoms. The van der Waals surface area contributed by atoms with Crippen LogP contribution >= 0.6 is 0 Å². The minimum atomic E-state index is -1.86. The Labute approximate surface area is 81.3 Å². The van der Waals surface area contributed by atoms with Crippen molar-refractivity contribution in [1.29, 1.82) is 0 Å². The van der Waals surface area contributed by atoms with Crippen molar-refractivity contribution in [2.24, 2.45) is 0 Å². The van der Waals surface area contributed by atoms with E-state index in [2.05, 4.69) is 20.8 Å². The molecule has 0 amide bonds. The molecule has 0 aliphatic carbocycles. The summed E-state index contributed by atoms with van der Waals surface area (Å²) in [6, 6.07) is 7.17. The zero-order valence-corrected chi connectivity index (χ0v) is 8.89. The van der Waals surface area contributed by atoms with Gasteiger partial charge < -0.3 is 4.55 Å². The lowest BCUT2D eigenvalue weighted by Gasteiger charge is -2.18. The fourth-order valence-electron chi connectivity index (χ4n) is 1.07. The van der Waals surface area contributed by atoms with Crippen molar-refractivity contribution in [2.75, 3.05) is 0 Å². The molecule has 1 rings (SSSR count). The molecule has 2 nitrogen and oxygen atoms in total. The van der Waals surface area contributed by atoms with E-state index in [9.17, 15) is 4.21 Å². The third-order valence-corrected chi connectivity index (χ3v) is 2.60. The van der Waals surface area contributed by atoms with Gasteiger partial charge in [-0.2, -0.15) is 0 Å². The highest BCUT2D eigenvalue weighted by atomic mass is 32.2. The summed E-state index contributed by atoms with van der Waals surface area (Å²) in [5, 5.41) is 0. The van der Waals surface area contributed by atoms with Gasteiger partial charge in [0.25, 0.3) is 0 Å². The highest BCUT2D eigenvalue weighted by Gasteiger charge is 2.13. The van der Waals surface area contributed by atoms with E-state index in [1.165, 1.54) is 5.56 Å². The summed E-state index contributed by atoms with van der Waals surface area (Å²) in [4.78, 5) is 0.452. The van der Waals surface area contributed by atoms with Crippen molar-refractivity contribution in [3.05, 3.63) is 29.8 Å². The molecule has 0 saturated heterocycles. The average Bonchev–Trinajstić information content (AvgIpc) is 2.03. The second-order valence-electron chi connectivity index (χ2n) is 4.02. The highest BCUT2D eigenvalue weighted by Crippen LogP contribution is 2.22. The summed E-state index contributed by atoms with van der Waals surface area (Å²) in [6.45, 7) is 6.33. The Morgan fingerprint density at radius 1 is 1.15 bits per heavy atom. The van der Waals surface area contributed by atoms with Gasteiger partial charge in [-0.3, -0.25) is 0 Å². The maximum absolute atomic E-state index is 10.7. The normalized spacial score (nSPS) is 14.2. The van der Waals surface area contributed by atoms with Gasteiger partial charge in [-0.25, -0.2) is 4.21 Å². The first-order valence-electron chi connectivity index (χ1n) is 4.12. The van der Waals surface area contributed by atoms with E-state index in [1.54, 1.807) is 12.1 Å². The molecule has 13 heavy (non-hydrogen) atoms. The van der Waals surface area contributed by atoms with Crippen LogP contribution in [0, 0.1) is 0 Å². The smallest absolute Gasteiger partial charge is 0.186 e. The van der Waals surface area contributed by atoms with Crippen molar-refractivity contribution in [1.82, 2.24) is 0 Å². The molecule has 0 aromatic heterocycles. The molecule has 0 bridgehead atoms. The predicted molar refractivity (Wildman–Crippen MR) is 54.2 cm³/mol. The number of hydrogen-bond donors (Lipinski definition) is 1. The average molecular weight is 198 g/mol. The molecular formula is C10H14O2S. The Morgan fingerprint density at radius 2 is 1.62 bits per heavy atom. The minimum absolute atomic E-state index is 0.0927. The van der Waals surface area contributed by atoms with Crippen molar-refractivity contribution < 1.29 is 8.76 Å². The SMILES string of the molecule is CC(C)(C)c1ccc(S(=O)O)cc1. The van der Waals surface area contributed by atoms with Crippen LogP contribution in [0.1, 0.15) is 26.3 Å². The molecule has 0 aliphatic rings. The fraction of sp³-hybridized carbons (Fsp3) is 0.400. The van der Waals surface area contributed by atoms with Crippen molar-refractivity contribution in [3.8, 4) is 0 Å². The summed E-state index contributed by atoms with van der Waals surface area (Å²) in [7, 11) is 0. The second-order valence-corrected chi connectivity index (χ2v) is 4.99. The van der Waals surface area contributed by atoms with Gasteiger partial charge >= 0.3 is 0 Å². The standard InChI is InChI=1S/C10H14O2S/c1-10(2,3)8-4-6-9(7-5-8)13(11)12/h4-7H,1-3H3,(H,11,12).